The maximum atomic E-state index is 11.5. The minimum absolute atomic E-state index is 0.0987. The molecule has 18 heavy (non-hydrogen) atoms. The van der Waals surface area contributed by atoms with E-state index in [-0.39, 0.29) is 19.0 Å². The summed E-state index contributed by atoms with van der Waals surface area (Å²) in [6.45, 7) is 0.277. The lowest BCUT2D eigenvalue weighted by Gasteiger charge is -2.11. The molecule has 0 aliphatic carbocycles. The normalized spacial score (nSPS) is 12.1. The van der Waals surface area contributed by atoms with Crippen molar-refractivity contribution in [1.82, 2.24) is 20.3 Å². The standard InChI is InChI=1S/C12H14N4O2/c17-11(10-4-2-1-3-5-10)8-13-12(18)9-16-7-6-14-15-16/h1-7,11,17H,8-9H2,(H,13,18). The number of hydrogen-bond acceptors (Lipinski definition) is 4. The van der Waals surface area contributed by atoms with Crippen LogP contribution in [0.25, 0.3) is 0 Å². The molecule has 1 atom stereocenters. The SMILES string of the molecule is O=C(Cn1ccnn1)NCC(O)c1ccccc1. The molecule has 1 amide bonds. The monoisotopic (exact) mass is 246 g/mol. The molecule has 0 fully saturated rings. The summed E-state index contributed by atoms with van der Waals surface area (Å²) >= 11 is 0. The fraction of sp³-hybridized carbons (Fsp3) is 0.250. The minimum Gasteiger partial charge on any atom is -0.387 e. The van der Waals surface area contributed by atoms with Crippen LogP contribution >= 0.6 is 0 Å². The van der Waals surface area contributed by atoms with Crippen molar-refractivity contribution in [1.29, 1.82) is 0 Å². The van der Waals surface area contributed by atoms with Crippen LogP contribution in [-0.4, -0.2) is 32.6 Å². The quantitative estimate of drug-likeness (QED) is 0.785. The van der Waals surface area contributed by atoms with Gasteiger partial charge in [-0.1, -0.05) is 35.5 Å². The molecule has 0 saturated heterocycles. The number of carbonyl (C=O) groups is 1. The molecule has 2 aromatic rings. The van der Waals surface area contributed by atoms with Crippen molar-refractivity contribution >= 4 is 5.91 Å². The van der Waals surface area contributed by atoms with E-state index in [0.29, 0.717) is 0 Å². The molecule has 0 radical (unpaired) electrons. The Labute approximate surface area is 104 Å². The zero-order chi connectivity index (χ0) is 12.8. The highest BCUT2D eigenvalue weighted by Crippen LogP contribution is 2.10. The van der Waals surface area contributed by atoms with Crippen molar-refractivity contribution in [3.8, 4) is 0 Å². The van der Waals surface area contributed by atoms with E-state index in [1.54, 1.807) is 6.20 Å². The van der Waals surface area contributed by atoms with Crippen LogP contribution in [-0.2, 0) is 11.3 Å². The van der Waals surface area contributed by atoms with Gasteiger partial charge in [0, 0.05) is 12.7 Å². The van der Waals surface area contributed by atoms with Crippen LogP contribution in [0.4, 0.5) is 0 Å². The summed E-state index contributed by atoms with van der Waals surface area (Å²) in [6.07, 6.45) is 2.41. The molecule has 1 unspecified atom stereocenters. The van der Waals surface area contributed by atoms with Crippen molar-refractivity contribution in [2.45, 2.75) is 12.6 Å². The van der Waals surface area contributed by atoms with Gasteiger partial charge in [-0.3, -0.25) is 4.79 Å². The van der Waals surface area contributed by atoms with E-state index < -0.39 is 6.10 Å². The van der Waals surface area contributed by atoms with Gasteiger partial charge in [0.15, 0.2) is 0 Å². The summed E-state index contributed by atoms with van der Waals surface area (Å²) in [5.41, 5.74) is 0.776. The van der Waals surface area contributed by atoms with E-state index in [1.807, 2.05) is 30.3 Å². The van der Waals surface area contributed by atoms with Gasteiger partial charge in [-0.05, 0) is 5.56 Å². The van der Waals surface area contributed by atoms with E-state index in [1.165, 1.54) is 10.9 Å². The van der Waals surface area contributed by atoms with Gasteiger partial charge < -0.3 is 10.4 Å². The molecule has 0 bridgehead atoms. The van der Waals surface area contributed by atoms with E-state index in [9.17, 15) is 9.90 Å². The molecular weight excluding hydrogens is 232 g/mol. The molecule has 1 aromatic carbocycles. The van der Waals surface area contributed by atoms with Crippen LogP contribution in [0.1, 0.15) is 11.7 Å². The zero-order valence-corrected chi connectivity index (χ0v) is 9.73. The Morgan fingerprint density at radius 2 is 2.17 bits per heavy atom. The second kappa shape index (κ2) is 5.92. The fourth-order valence-electron chi connectivity index (χ4n) is 1.52. The number of aliphatic hydroxyl groups excluding tert-OH is 1. The van der Waals surface area contributed by atoms with Crippen LogP contribution in [0.5, 0.6) is 0 Å². The van der Waals surface area contributed by atoms with Crippen molar-refractivity contribution in [3.63, 3.8) is 0 Å². The average Bonchev–Trinajstić information content (AvgIpc) is 2.90. The predicted molar refractivity (Wildman–Crippen MR) is 64.4 cm³/mol. The summed E-state index contributed by atoms with van der Waals surface area (Å²) in [4.78, 5) is 11.5. The lowest BCUT2D eigenvalue weighted by molar-refractivity contribution is -0.122. The summed E-state index contributed by atoms with van der Waals surface area (Å²) in [5.74, 6) is -0.213. The van der Waals surface area contributed by atoms with Crippen LogP contribution in [0.15, 0.2) is 42.7 Å². The van der Waals surface area contributed by atoms with Crippen molar-refractivity contribution in [2.24, 2.45) is 0 Å². The maximum absolute atomic E-state index is 11.5. The van der Waals surface area contributed by atoms with Gasteiger partial charge in [0.25, 0.3) is 0 Å². The summed E-state index contributed by atoms with van der Waals surface area (Å²) in [7, 11) is 0. The summed E-state index contributed by atoms with van der Waals surface area (Å²) in [6, 6.07) is 9.19. The average molecular weight is 246 g/mol. The molecule has 2 N–H and O–H groups in total. The Morgan fingerprint density at radius 1 is 1.39 bits per heavy atom. The highest BCUT2D eigenvalue weighted by molar-refractivity contribution is 5.75. The number of nitrogens with one attached hydrogen (secondary N) is 1. The fourth-order valence-corrected chi connectivity index (χ4v) is 1.52. The Hall–Kier alpha value is -2.21. The summed E-state index contributed by atoms with van der Waals surface area (Å²) in [5, 5.41) is 19.8. The second-order valence-corrected chi connectivity index (χ2v) is 3.83. The van der Waals surface area contributed by atoms with Gasteiger partial charge in [-0.25, -0.2) is 4.68 Å². The Bertz CT molecular complexity index is 484. The van der Waals surface area contributed by atoms with Gasteiger partial charge >= 0.3 is 0 Å². The maximum Gasteiger partial charge on any atom is 0.241 e. The first-order chi connectivity index (χ1) is 8.75. The number of hydrogen-bond donors (Lipinski definition) is 2. The lowest BCUT2D eigenvalue weighted by Crippen LogP contribution is -2.31. The predicted octanol–water partition coefficient (Wildman–Crippen LogP) is 0.128. The highest BCUT2D eigenvalue weighted by atomic mass is 16.3. The first kappa shape index (κ1) is 12.3. The van der Waals surface area contributed by atoms with Gasteiger partial charge in [-0.15, -0.1) is 5.10 Å². The lowest BCUT2D eigenvalue weighted by atomic mass is 10.1. The van der Waals surface area contributed by atoms with Gasteiger partial charge in [0.05, 0.1) is 12.3 Å². The van der Waals surface area contributed by atoms with Gasteiger partial charge in [0.1, 0.15) is 6.54 Å². The number of benzene rings is 1. The Balaban J connectivity index is 1.79. The first-order valence-electron chi connectivity index (χ1n) is 5.59. The Morgan fingerprint density at radius 3 is 2.83 bits per heavy atom. The van der Waals surface area contributed by atoms with E-state index in [4.69, 9.17) is 0 Å². The summed E-state index contributed by atoms with van der Waals surface area (Å²) < 4.78 is 1.42. The number of aromatic nitrogens is 3. The van der Waals surface area contributed by atoms with E-state index in [0.717, 1.165) is 5.56 Å². The number of carbonyl (C=O) groups excluding carboxylic acids is 1. The molecule has 0 aliphatic rings. The third-order valence-electron chi connectivity index (χ3n) is 2.45. The zero-order valence-electron chi connectivity index (χ0n) is 9.73. The van der Waals surface area contributed by atoms with Crippen molar-refractivity contribution in [3.05, 3.63) is 48.3 Å². The van der Waals surface area contributed by atoms with Crippen molar-refractivity contribution < 1.29 is 9.90 Å². The molecule has 94 valence electrons. The molecule has 0 aliphatic heterocycles. The van der Waals surface area contributed by atoms with Crippen LogP contribution in [0.2, 0.25) is 0 Å². The molecular formula is C12H14N4O2. The molecule has 2 rings (SSSR count). The third-order valence-corrected chi connectivity index (χ3v) is 2.45. The van der Waals surface area contributed by atoms with Gasteiger partial charge in [-0.2, -0.15) is 0 Å². The number of aliphatic hydroxyl groups is 1. The van der Waals surface area contributed by atoms with Crippen LogP contribution in [0, 0.1) is 0 Å². The number of nitrogens with zero attached hydrogens (tertiary/aromatic N) is 3. The number of rotatable bonds is 5. The molecule has 0 saturated carbocycles. The van der Waals surface area contributed by atoms with Crippen LogP contribution in [0.3, 0.4) is 0 Å². The van der Waals surface area contributed by atoms with Crippen molar-refractivity contribution in [2.75, 3.05) is 6.54 Å². The molecule has 1 heterocycles. The minimum atomic E-state index is -0.703. The smallest absolute Gasteiger partial charge is 0.241 e. The largest absolute Gasteiger partial charge is 0.387 e. The third kappa shape index (κ3) is 3.39. The first-order valence-corrected chi connectivity index (χ1v) is 5.59. The molecule has 1 aromatic heterocycles. The highest BCUT2D eigenvalue weighted by Gasteiger charge is 2.09. The Kier molecular flexibility index (Phi) is 4.03. The van der Waals surface area contributed by atoms with Gasteiger partial charge in [0.2, 0.25) is 5.91 Å². The van der Waals surface area contributed by atoms with E-state index in [2.05, 4.69) is 15.6 Å². The molecule has 6 heteroatoms. The topological polar surface area (TPSA) is 80.0 Å². The second-order valence-electron chi connectivity index (χ2n) is 3.83. The van der Waals surface area contributed by atoms with Crippen LogP contribution < -0.4 is 5.32 Å². The van der Waals surface area contributed by atoms with E-state index >= 15 is 0 Å². The number of amides is 1. The molecule has 0 spiro atoms. The molecule has 6 nitrogen and oxygen atoms in total.